The van der Waals surface area contributed by atoms with Crippen LogP contribution < -0.4 is 4.74 Å². The second-order valence-electron chi connectivity index (χ2n) is 2.16. The van der Waals surface area contributed by atoms with Gasteiger partial charge in [-0.1, -0.05) is 0 Å². The van der Waals surface area contributed by atoms with E-state index < -0.39 is 5.97 Å². The highest BCUT2D eigenvalue weighted by molar-refractivity contribution is 5.91. The Morgan fingerprint density at radius 2 is 2.46 bits per heavy atom. The van der Waals surface area contributed by atoms with Crippen LogP contribution in [0.5, 0.6) is 5.75 Å². The van der Waals surface area contributed by atoms with E-state index in [4.69, 9.17) is 15.1 Å². The molecule has 0 saturated heterocycles. The van der Waals surface area contributed by atoms with Crippen LogP contribution in [0.25, 0.3) is 0 Å². The number of methoxy groups -OCH3 is 1. The van der Waals surface area contributed by atoms with Crippen molar-refractivity contribution < 1.29 is 14.6 Å². The number of aromatic nitrogens is 1. The lowest BCUT2D eigenvalue weighted by Crippen LogP contribution is -2.03. The van der Waals surface area contributed by atoms with E-state index in [-0.39, 0.29) is 17.0 Å². The number of nitrogens with zero attached hydrogens (tertiary/aromatic N) is 2. The van der Waals surface area contributed by atoms with Crippen LogP contribution in [0.4, 0.5) is 0 Å². The molecule has 13 heavy (non-hydrogen) atoms. The first kappa shape index (κ1) is 9.00. The second kappa shape index (κ2) is 3.54. The van der Waals surface area contributed by atoms with Crippen LogP contribution in [0.1, 0.15) is 16.1 Å². The van der Waals surface area contributed by atoms with E-state index in [1.807, 2.05) is 0 Å². The topological polar surface area (TPSA) is 83.2 Å². The summed E-state index contributed by atoms with van der Waals surface area (Å²) in [5.41, 5.74) is -0.0866. The molecule has 5 heteroatoms. The van der Waals surface area contributed by atoms with Gasteiger partial charge < -0.3 is 9.84 Å². The van der Waals surface area contributed by atoms with Crippen LogP contribution in [-0.4, -0.2) is 23.2 Å². The summed E-state index contributed by atoms with van der Waals surface area (Å²) in [6, 6.07) is 3.02. The summed E-state index contributed by atoms with van der Waals surface area (Å²) in [6.07, 6.45) is 1.25. The summed E-state index contributed by atoms with van der Waals surface area (Å²) in [4.78, 5) is 14.3. The zero-order valence-electron chi connectivity index (χ0n) is 6.81. The zero-order chi connectivity index (χ0) is 9.84. The number of hydrogen-bond acceptors (Lipinski definition) is 4. The molecule has 1 aromatic rings. The Morgan fingerprint density at radius 1 is 1.77 bits per heavy atom. The van der Waals surface area contributed by atoms with E-state index in [9.17, 15) is 4.79 Å². The van der Waals surface area contributed by atoms with Crippen molar-refractivity contribution in [3.8, 4) is 11.8 Å². The first-order valence-electron chi connectivity index (χ1n) is 3.37. The van der Waals surface area contributed by atoms with E-state index in [0.29, 0.717) is 0 Å². The van der Waals surface area contributed by atoms with Crippen LogP contribution in [0.2, 0.25) is 0 Å². The molecule has 0 aliphatic carbocycles. The van der Waals surface area contributed by atoms with Gasteiger partial charge in [0.2, 0.25) is 0 Å². The molecular formula is C8H6N2O3. The molecule has 0 saturated carbocycles. The van der Waals surface area contributed by atoms with E-state index in [0.717, 1.165) is 0 Å². The van der Waals surface area contributed by atoms with E-state index in [1.54, 1.807) is 6.07 Å². The minimum atomic E-state index is -1.14. The SMILES string of the molecule is COc1c(C(=O)O)ccnc1C#N. The number of carboxylic acids is 1. The fourth-order valence-electron chi connectivity index (χ4n) is 0.903. The largest absolute Gasteiger partial charge is 0.493 e. The number of carbonyl (C=O) groups is 1. The standard InChI is InChI=1S/C8H6N2O3/c1-13-7-5(8(11)12)2-3-10-6(7)4-9/h2-3H,1H3,(H,11,12). The first-order chi connectivity index (χ1) is 6.20. The Bertz CT molecular complexity index is 381. The third-order valence-electron chi connectivity index (χ3n) is 1.44. The first-order valence-corrected chi connectivity index (χ1v) is 3.37. The number of nitriles is 1. The molecular weight excluding hydrogens is 172 g/mol. The smallest absolute Gasteiger partial charge is 0.339 e. The van der Waals surface area contributed by atoms with Crippen molar-refractivity contribution in [2.24, 2.45) is 0 Å². The average molecular weight is 178 g/mol. The van der Waals surface area contributed by atoms with Gasteiger partial charge in [-0.2, -0.15) is 5.26 Å². The van der Waals surface area contributed by atoms with Gasteiger partial charge in [0.25, 0.3) is 0 Å². The van der Waals surface area contributed by atoms with Gasteiger partial charge in [0, 0.05) is 6.20 Å². The molecule has 0 fully saturated rings. The lowest BCUT2D eigenvalue weighted by atomic mass is 10.2. The number of aromatic carboxylic acids is 1. The van der Waals surface area contributed by atoms with Crippen LogP contribution in [0.15, 0.2) is 12.3 Å². The molecule has 0 amide bonds. The molecule has 66 valence electrons. The van der Waals surface area contributed by atoms with Crippen molar-refractivity contribution in [1.82, 2.24) is 4.98 Å². The quantitative estimate of drug-likeness (QED) is 0.719. The maximum atomic E-state index is 10.6. The molecule has 0 spiro atoms. The Balaban J connectivity index is 3.38. The highest BCUT2D eigenvalue weighted by atomic mass is 16.5. The highest BCUT2D eigenvalue weighted by Crippen LogP contribution is 2.20. The molecule has 0 atom stereocenters. The summed E-state index contributed by atoms with van der Waals surface area (Å²) in [5, 5.41) is 17.3. The Kier molecular flexibility index (Phi) is 2.45. The molecule has 0 aromatic carbocycles. The molecule has 0 bridgehead atoms. The van der Waals surface area contributed by atoms with Crippen LogP contribution >= 0.6 is 0 Å². The van der Waals surface area contributed by atoms with Crippen molar-refractivity contribution in [3.05, 3.63) is 23.5 Å². The molecule has 0 radical (unpaired) electrons. The Morgan fingerprint density at radius 3 is 2.92 bits per heavy atom. The molecule has 1 aromatic heterocycles. The molecule has 0 aliphatic rings. The average Bonchev–Trinajstić information content (AvgIpc) is 2.16. The number of rotatable bonds is 2. The molecule has 5 nitrogen and oxygen atoms in total. The van der Waals surface area contributed by atoms with Crippen molar-refractivity contribution in [2.45, 2.75) is 0 Å². The minimum Gasteiger partial charge on any atom is -0.493 e. The molecule has 0 aliphatic heterocycles. The van der Waals surface area contributed by atoms with Gasteiger partial charge in [-0.3, -0.25) is 0 Å². The number of ether oxygens (including phenoxy) is 1. The third kappa shape index (κ3) is 1.56. The van der Waals surface area contributed by atoms with E-state index >= 15 is 0 Å². The van der Waals surface area contributed by atoms with Gasteiger partial charge in [0.15, 0.2) is 11.4 Å². The van der Waals surface area contributed by atoms with Gasteiger partial charge >= 0.3 is 5.97 Å². The van der Waals surface area contributed by atoms with Crippen molar-refractivity contribution in [3.63, 3.8) is 0 Å². The number of pyridine rings is 1. The van der Waals surface area contributed by atoms with E-state index in [1.165, 1.54) is 19.4 Å². The zero-order valence-corrected chi connectivity index (χ0v) is 6.81. The lowest BCUT2D eigenvalue weighted by Gasteiger charge is -2.04. The summed E-state index contributed by atoms with van der Waals surface area (Å²) in [6.45, 7) is 0. The fourth-order valence-corrected chi connectivity index (χ4v) is 0.903. The van der Waals surface area contributed by atoms with Gasteiger partial charge in [-0.25, -0.2) is 9.78 Å². The predicted octanol–water partition coefficient (Wildman–Crippen LogP) is 0.660. The predicted molar refractivity (Wildman–Crippen MR) is 42.5 cm³/mol. The van der Waals surface area contributed by atoms with Gasteiger partial charge in [0.05, 0.1) is 7.11 Å². The van der Waals surface area contributed by atoms with E-state index in [2.05, 4.69) is 4.98 Å². The monoisotopic (exact) mass is 178 g/mol. The van der Waals surface area contributed by atoms with Crippen molar-refractivity contribution in [2.75, 3.05) is 7.11 Å². The Hall–Kier alpha value is -2.09. The van der Waals surface area contributed by atoms with Crippen LogP contribution in [-0.2, 0) is 0 Å². The van der Waals surface area contributed by atoms with Crippen molar-refractivity contribution >= 4 is 5.97 Å². The number of hydrogen-bond donors (Lipinski definition) is 1. The highest BCUT2D eigenvalue weighted by Gasteiger charge is 2.14. The van der Waals surface area contributed by atoms with Crippen LogP contribution in [0, 0.1) is 11.3 Å². The molecule has 1 heterocycles. The third-order valence-corrected chi connectivity index (χ3v) is 1.44. The van der Waals surface area contributed by atoms with Crippen LogP contribution in [0.3, 0.4) is 0 Å². The number of carboxylic acid groups (broad SMARTS) is 1. The fraction of sp³-hybridized carbons (Fsp3) is 0.125. The molecule has 0 unspecified atom stereocenters. The normalized spacial score (nSPS) is 8.92. The summed E-state index contributed by atoms with van der Waals surface area (Å²) in [7, 11) is 1.30. The van der Waals surface area contributed by atoms with Gasteiger partial charge in [0.1, 0.15) is 11.6 Å². The lowest BCUT2D eigenvalue weighted by molar-refractivity contribution is 0.0693. The summed E-state index contributed by atoms with van der Waals surface area (Å²) < 4.78 is 4.76. The molecule has 1 N–H and O–H groups in total. The van der Waals surface area contributed by atoms with Crippen molar-refractivity contribution in [1.29, 1.82) is 5.26 Å². The summed E-state index contributed by atoms with van der Waals surface area (Å²) in [5.74, 6) is -1.15. The second-order valence-corrected chi connectivity index (χ2v) is 2.16. The maximum Gasteiger partial charge on any atom is 0.339 e. The van der Waals surface area contributed by atoms with Gasteiger partial charge in [-0.15, -0.1) is 0 Å². The summed E-state index contributed by atoms with van der Waals surface area (Å²) >= 11 is 0. The molecule has 1 rings (SSSR count). The Labute approximate surface area is 74.2 Å². The van der Waals surface area contributed by atoms with Gasteiger partial charge in [-0.05, 0) is 6.07 Å². The maximum absolute atomic E-state index is 10.6. The minimum absolute atomic E-state index is 0.00231.